The molecule has 0 aliphatic carbocycles. The Bertz CT molecular complexity index is 755. The summed E-state index contributed by atoms with van der Waals surface area (Å²) in [5, 5.41) is 3.41. The van der Waals surface area contributed by atoms with Crippen molar-refractivity contribution < 1.29 is 0 Å². The second-order valence-electron chi connectivity index (χ2n) is 5.06. The first-order valence-corrected chi connectivity index (χ1v) is 7.20. The Hall–Kier alpha value is -2.72. The summed E-state index contributed by atoms with van der Waals surface area (Å²) in [6.07, 6.45) is 3.26. The number of hydrogen-bond donors (Lipinski definition) is 2. The van der Waals surface area contributed by atoms with Gasteiger partial charge in [0.2, 0.25) is 0 Å². The molecule has 0 bridgehead atoms. The summed E-state index contributed by atoms with van der Waals surface area (Å²) < 4.78 is 0. The zero-order chi connectivity index (χ0) is 15.4. The Morgan fingerprint density at radius 2 is 1.86 bits per heavy atom. The van der Waals surface area contributed by atoms with Crippen LogP contribution in [-0.4, -0.2) is 9.97 Å². The number of rotatable bonds is 4. The van der Waals surface area contributed by atoms with E-state index >= 15 is 0 Å². The molecule has 0 atom stereocenters. The Morgan fingerprint density at radius 3 is 2.55 bits per heavy atom. The maximum atomic E-state index is 5.85. The van der Waals surface area contributed by atoms with E-state index in [4.69, 9.17) is 5.73 Å². The zero-order valence-corrected chi connectivity index (χ0v) is 12.5. The average molecular weight is 290 g/mol. The lowest BCUT2D eigenvalue weighted by atomic mass is 9.96. The molecule has 0 saturated carbocycles. The van der Waals surface area contributed by atoms with Gasteiger partial charge < -0.3 is 11.1 Å². The number of nitrogens with one attached hydrogen (secondary N) is 1. The van der Waals surface area contributed by atoms with Gasteiger partial charge in [-0.2, -0.15) is 0 Å². The quantitative estimate of drug-likeness (QED) is 0.769. The molecule has 0 unspecified atom stereocenters. The van der Waals surface area contributed by atoms with Crippen LogP contribution in [0.15, 0.2) is 61.1 Å². The number of nitrogens with zero attached hydrogens (tertiary/aromatic N) is 2. The summed E-state index contributed by atoms with van der Waals surface area (Å²) in [6.45, 7) is 2.59. The number of aromatic nitrogens is 2. The van der Waals surface area contributed by atoms with Crippen LogP contribution >= 0.6 is 0 Å². The van der Waals surface area contributed by atoms with E-state index in [2.05, 4.69) is 46.5 Å². The molecule has 3 N–H and O–H groups in total. The van der Waals surface area contributed by atoms with Crippen molar-refractivity contribution in [3.63, 3.8) is 0 Å². The van der Waals surface area contributed by atoms with Gasteiger partial charge in [-0.05, 0) is 29.7 Å². The van der Waals surface area contributed by atoms with Crippen molar-refractivity contribution in [2.45, 2.75) is 13.5 Å². The average Bonchev–Trinajstić information content (AvgIpc) is 2.58. The molecule has 0 spiro atoms. The number of hydrogen-bond acceptors (Lipinski definition) is 4. The first-order valence-electron chi connectivity index (χ1n) is 7.20. The molecule has 1 heterocycles. The topological polar surface area (TPSA) is 63.8 Å². The fraction of sp³-hybridized carbons (Fsp3) is 0.111. The highest BCUT2D eigenvalue weighted by atomic mass is 15.0. The highest BCUT2D eigenvalue weighted by Crippen LogP contribution is 2.34. The minimum Gasteiger partial charge on any atom is -0.339 e. The molecule has 4 nitrogen and oxygen atoms in total. The molecule has 110 valence electrons. The number of anilines is 2. The molecular formula is C18H18N4. The van der Waals surface area contributed by atoms with Gasteiger partial charge in [-0.15, -0.1) is 0 Å². The third-order valence-electron chi connectivity index (χ3n) is 3.72. The maximum Gasteiger partial charge on any atom is 0.133 e. The van der Waals surface area contributed by atoms with Crippen LogP contribution in [-0.2, 0) is 6.54 Å². The molecule has 4 heteroatoms. The lowest BCUT2D eigenvalue weighted by Gasteiger charge is -2.17. The van der Waals surface area contributed by atoms with Crippen LogP contribution in [0.25, 0.3) is 11.1 Å². The van der Waals surface area contributed by atoms with Crippen molar-refractivity contribution >= 4 is 11.5 Å². The van der Waals surface area contributed by atoms with Crippen LogP contribution in [0.5, 0.6) is 0 Å². The van der Waals surface area contributed by atoms with Crippen molar-refractivity contribution in [3.8, 4) is 11.1 Å². The van der Waals surface area contributed by atoms with Crippen molar-refractivity contribution in [1.82, 2.24) is 9.97 Å². The van der Waals surface area contributed by atoms with Gasteiger partial charge in [-0.25, -0.2) is 9.97 Å². The highest BCUT2D eigenvalue weighted by Gasteiger charge is 2.11. The van der Waals surface area contributed by atoms with E-state index in [9.17, 15) is 0 Å². The SMILES string of the molecule is Cc1c(CN)ccc(-c2ccccc2)c1Nc1ccncn1. The number of benzene rings is 2. The third-order valence-corrected chi connectivity index (χ3v) is 3.72. The maximum absolute atomic E-state index is 5.85. The lowest BCUT2D eigenvalue weighted by molar-refractivity contribution is 1.05. The summed E-state index contributed by atoms with van der Waals surface area (Å²) in [5.74, 6) is 0.768. The first-order chi connectivity index (χ1) is 10.8. The molecule has 0 aliphatic rings. The molecule has 1 aromatic heterocycles. The molecule has 0 aliphatic heterocycles. The summed E-state index contributed by atoms with van der Waals surface area (Å²) in [6, 6.07) is 16.3. The largest absolute Gasteiger partial charge is 0.339 e. The zero-order valence-electron chi connectivity index (χ0n) is 12.5. The van der Waals surface area contributed by atoms with Gasteiger partial charge in [-0.1, -0.05) is 42.5 Å². The molecule has 22 heavy (non-hydrogen) atoms. The Balaban J connectivity index is 2.12. The Labute approximate surface area is 130 Å². The van der Waals surface area contributed by atoms with E-state index in [0.717, 1.165) is 33.8 Å². The van der Waals surface area contributed by atoms with Crippen LogP contribution in [0.2, 0.25) is 0 Å². The van der Waals surface area contributed by atoms with Crippen LogP contribution in [0.4, 0.5) is 11.5 Å². The normalized spacial score (nSPS) is 10.5. The molecule has 0 radical (unpaired) electrons. The van der Waals surface area contributed by atoms with Crippen LogP contribution in [0, 0.1) is 6.92 Å². The minimum atomic E-state index is 0.513. The van der Waals surface area contributed by atoms with E-state index < -0.39 is 0 Å². The summed E-state index contributed by atoms with van der Waals surface area (Å²) >= 11 is 0. The van der Waals surface area contributed by atoms with Crippen molar-refractivity contribution in [1.29, 1.82) is 0 Å². The molecule has 0 fully saturated rings. The van der Waals surface area contributed by atoms with Gasteiger partial charge in [0.15, 0.2) is 0 Å². The van der Waals surface area contributed by atoms with Crippen LogP contribution in [0.1, 0.15) is 11.1 Å². The standard InChI is InChI=1S/C18H18N4/c1-13-15(11-19)7-8-16(14-5-3-2-4-6-14)18(13)22-17-9-10-20-12-21-17/h2-10,12H,11,19H2,1H3,(H,20,21,22). The van der Waals surface area contributed by atoms with Crippen molar-refractivity contribution in [2.75, 3.05) is 5.32 Å². The Kier molecular flexibility index (Phi) is 4.12. The van der Waals surface area contributed by atoms with Gasteiger partial charge in [-0.3, -0.25) is 0 Å². The predicted octanol–water partition coefficient (Wildman–Crippen LogP) is 3.65. The van der Waals surface area contributed by atoms with Gasteiger partial charge in [0.05, 0.1) is 5.69 Å². The molecule has 2 aromatic carbocycles. The monoisotopic (exact) mass is 290 g/mol. The molecular weight excluding hydrogens is 272 g/mol. The second-order valence-corrected chi connectivity index (χ2v) is 5.06. The summed E-state index contributed by atoms with van der Waals surface area (Å²) in [5.41, 5.74) is 11.4. The fourth-order valence-corrected chi connectivity index (χ4v) is 2.49. The fourth-order valence-electron chi connectivity index (χ4n) is 2.49. The summed E-state index contributed by atoms with van der Waals surface area (Å²) in [4.78, 5) is 8.20. The lowest BCUT2D eigenvalue weighted by Crippen LogP contribution is -2.04. The Morgan fingerprint density at radius 1 is 1.05 bits per heavy atom. The van der Waals surface area contributed by atoms with Gasteiger partial charge >= 0.3 is 0 Å². The van der Waals surface area contributed by atoms with Crippen molar-refractivity contribution in [2.24, 2.45) is 5.73 Å². The van der Waals surface area contributed by atoms with E-state index in [1.54, 1.807) is 6.20 Å². The van der Waals surface area contributed by atoms with Gasteiger partial charge in [0.25, 0.3) is 0 Å². The van der Waals surface area contributed by atoms with E-state index in [0.29, 0.717) is 6.54 Å². The molecule has 3 aromatic rings. The molecule has 3 rings (SSSR count). The van der Waals surface area contributed by atoms with E-state index in [1.165, 1.54) is 6.33 Å². The van der Waals surface area contributed by atoms with Crippen molar-refractivity contribution in [3.05, 3.63) is 72.2 Å². The summed E-state index contributed by atoms with van der Waals surface area (Å²) in [7, 11) is 0. The van der Waals surface area contributed by atoms with E-state index in [-0.39, 0.29) is 0 Å². The van der Waals surface area contributed by atoms with Crippen LogP contribution < -0.4 is 11.1 Å². The van der Waals surface area contributed by atoms with Gasteiger partial charge in [0.1, 0.15) is 12.1 Å². The molecule has 0 saturated heterocycles. The third kappa shape index (κ3) is 2.82. The first kappa shape index (κ1) is 14.2. The minimum absolute atomic E-state index is 0.513. The second kappa shape index (κ2) is 6.37. The molecule has 0 amide bonds. The highest BCUT2D eigenvalue weighted by molar-refractivity contribution is 5.83. The van der Waals surface area contributed by atoms with Crippen LogP contribution in [0.3, 0.4) is 0 Å². The predicted molar refractivity (Wildman–Crippen MR) is 89.8 cm³/mol. The van der Waals surface area contributed by atoms with E-state index in [1.807, 2.05) is 24.3 Å². The van der Waals surface area contributed by atoms with Gasteiger partial charge in [0, 0.05) is 18.3 Å². The number of nitrogens with two attached hydrogens (primary N) is 1. The smallest absolute Gasteiger partial charge is 0.133 e.